The number of likely N-dealkylation sites (N-methyl/N-ethyl adjacent to an activating group) is 1. The fraction of sp³-hybridized carbons (Fsp3) is 0.344. The van der Waals surface area contributed by atoms with Gasteiger partial charge in [0.15, 0.2) is 0 Å². The zero-order chi connectivity index (χ0) is 30.5. The maximum absolute atomic E-state index is 13.6. The molecule has 0 bridgehead atoms. The molecular weight excluding hydrogens is 566 g/mol. The minimum absolute atomic E-state index is 0.0220. The van der Waals surface area contributed by atoms with E-state index in [0.717, 1.165) is 60.6 Å². The van der Waals surface area contributed by atoms with Gasteiger partial charge in [-0.25, -0.2) is 13.5 Å². The standard InChI is InChI=1S/C32H36F2N8O2/c1-39-7-9-40(10-8-39)31-6-5-26(19-30(31)32(43)41-11-13-44-14-12-41)36-21-28-22-42(38-37-28)29-4-2-3-23(15-29)20-35-27-17-24(33)16-25(34)18-27/h2-6,15-19,22,35-36H,7-14,20-21H2,1H3. The number of aromatic nitrogens is 3. The van der Waals surface area contributed by atoms with E-state index in [4.69, 9.17) is 4.74 Å². The Bertz CT molecular complexity index is 1580. The van der Waals surface area contributed by atoms with Gasteiger partial charge in [-0.2, -0.15) is 0 Å². The minimum atomic E-state index is -0.629. The molecule has 0 radical (unpaired) electrons. The van der Waals surface area contributed by atoms with Crippen LogP contribution in [0.4, 0.5) is 25.8 Å². The lowest BCUT2D eigenvalue weighted by Crippen LogP contribution is -2.46. The van der Waals surface area contributed by atoms with Crippen molar-refractivity contribution in [2.75, 3.05) is 75.1 Å². The number of hydrogen-bond acceptors (Lipinski definition) is 8. The quantitative estimate of drug-likeness (QED) is 0.297. The van der Waals surface area contributed by atoms with Crippen LogP contribution in [-0.2, 0) is 17.8 Å². The van der Waals surface area contributed by atoms with Gasteiger partial charge in [-0.1, -0.05) is 17.3 Å². The summed E-state index contributed by atoms with van der Waals surface area (Å²) in [6.45, 7) is 6.73. The van der Waals surface area contributed by atoms with Crippen LogP contribution in [0, 0.1) is 11.6 Å². The molecule has 44 heavy (non-hydrogen) atoms. The number of rotatable bonds is 9. The zero-order valence-electron chi connectivity index (χ0n) is 24.7. The lowest BCUT2D eigenvalue weighted by atomic mass is 10.1. The van der Waals surface area contributed by atoms with Crippen LogP contribution in [0.5, 0.6) is 0 Å². The normalized spacial score (nSPS) is 15.8. The highest BCUT2D eigenvalue weighted by molar-refractivity contribution is 6.01. The average Bonchev–Trinajstić information content (AvgIpc) is 3.52. The topological polar surface area (TPSA) is 90.8 Å². The summed E-state index contributed by atoms with van der Waals surface area (Å²) in [5.41, 5.74) is 5.31. The van der Waals surface area contributed by atoms with Gasteiger partial charge in [-0.15, -0.1) is 5.10 Å². The Hall–Kier alpha value is -4.55. The van der Waals surface area contributed by atoms with Gasteiger partial charge in [-0.05, 0) is 55.1 Å². The largest absolute Gasteiger partial charge is 0.381 e. The first-order valence-electron chi connectivity index (χ1n) is 14.8. The highest BCUT2D eigenvalue weighted by Gasteiger charge is 2.25. The Morgan fingerprint density at radius 3 is 2.39 bits per heavy atom. The van der Waals surface area contributed by atoms with Crippen LogP contribution >= 0.6 is 0 Å². The summed E-state index contributed by atoms with van der Waals surface area (Å²) in [5, 5.41) is 15.1. The predicted molar refractivity (Wildman–Crippen MR) is 165 cm³/mol. The van der Waals surface area contributed by atoms with E-state index in [9.17, 15) is 13.6 Å². The third-order valence-corrected chi connectivity index (χ3v) is 7.92. The summed E-state index contributed by atoms with van der Waals surface area (Å²) in [7, 11) is 2.12. The highest BCUT2D eigenvalue weighted by Crippen LogP contribution is 2.28. The Morgan fingerprint density at radius 1 is 0.864 bits per heavy atom. The molecule has 2 N–H and O–H groups in total. The number of halogens is 2. The number of amides is 1. The second kappa shape index (κ2) is 13.4. The van der Waals surface area contributed by atoms with Crippen LogP contribution in [0.1, 0.15) is 21.6 Å². The number of carbonyl (C=O) groups excluding carboxylic acids is 1. The highest BCUT2D eigenvalue weighted by atomic mass is 19.1. The molecule has 3 heterocycles. The van der Waals surface area contributed by atoms with Gasteiger partial charge in [0.1, 0.15) is 17.3 Å². The predicted octanol–water partition coefficient (Wildman–Crippen LogP) is 3.99. The Labute approximate surface area is 255 Å². The van der Waals surface area contributed by atoms with Crippen LogP contribution in [0.15, 0.2) is 66.9 Å². The SMILES string of the molecule is CN1CCN(c2ccc(NCc3cn(-c4cccc(CNc5cc(F)cc(F)c5)c4)nn3)cc2C(=O)N2CCOCC2)CC1. The Balaban J connectivity index is 1.13. The van der Waals surface area contributed by atoms with E-state index in [-0.39, 0.29) is 5.91 Å². The third-order valence-electron chi connectivity index (χ3n) is 7.92. The second-order valence-electron chi connectivity index (χ2n) is 11.1. The number of piperazine rings is 1. The van der Waals surface area contributed by atoms with Crippen molar-refractivity contribution in [1.82, 2.24) is 24.8 Å². The van der Waals surface area contributed by atoms with E-state index < -0.39 is 11.6 Å². The van der Waals surface area contributed by atoms with Crippen molar-refractivity contribution < 1.29 is 18.3 Å². The van der Waals surface area contributed by atoms with Crippen LogP contribution in [-0.4, -0.2) is 90.2 Å². The lowest BCUT2D eigenvalue weighted by Gasteiger charge is -2.36. The molecule has 4 aromatic rings. The van der Waals surface area contributed by atoms with Crippen molar-refractivity contribution in [2.45, 2.75) is 13.1 Å². The fourth-order valence-corrected chi connectivity index (χ4v) is 5.44. The molecule has 2 fully saturated rings. The Morgan fingerprint density at radius 2 is 1.61 bits per heavy atom. The maximum atomic E-state index is 13.6. The van der Waals surface area contributed by atoms with E-state index in [1.165, 1.54) is 12.1 Å². The maximum Gasteiger partial charge on any atom is 0.256 e. The molecule has 10 nitrogen and oxygen atoms in total. The van der Waals surface area contributed by atoms with Crippen LogP contribution < -0.4 is 15.5 Å². The summed E-state index contributed by atoms with van der Waals surface area (Å²) in [5.74, 6) is -1.24. The molecular formula is C32H36F2N8O2. The number of benzene rings is 3. The first kappa shape index (κ1) is 29.5. The molecule has 0 unspecified atom stereocenters. The van der Waals surface area contributed by atoms with Crippen molar-refractivity contribution in [3.8, 4) is 5.69 Å². The summed E-state index contributed by atoms with van der Waals surface area (Å²) in [6, 6.07) is 17.0. The van der Waals surface area contributed by atoms with Crippen molar-refractivity contribution in [3.63, 3.8) is 0 Å². The molecule has 230 valence electrons. The third kappa shape index (κ3) is 7.14. The molecule has 0 aliphatic carbocycles. The van der Waals surface area contributed by atoms with Gasteiger partial charge < -0.3 is 30.1 Å². The summed E-state index contributed by atoms with van der Waals surface area (Å²) in [4.78, 5) is 20.1. The fourth-order valence-electron chi connectivity index (χ4n) is 5.44. The second-order valence-corrected chi connectivity index (χ2v) is 11.1. The average molecular weight is 603 g/mol. The van der Waals surface area contributed by atoms with E-state index in [2.05, 4.69) is 37.8 Å². The van der Waals surface area contributed by atoms with Crippen molar-refractivity contribution in [3.05, 3.63) is 95.3 Å². The van der Waals surface area contributed by atoms with Gasteiger partial charge in [0.25, 0.3) is 5.91 Å². The first-order valence-corrected chi connectivity index (χ1v) is 14.8. The first-order chi connectivity index (χ1) is 21.4. The van der Waals surface area contributed by atoms with Crippen LogP contribution in [0.25, 0.3) is 5.69 Å². The minimum Gasteiger partial charge on any atom is -0.381 e. The van der Waals surface area contributed by atoms with E-state index in [0.29, 0.717) is 50.6 Å². The van der Waals surface area contributed by atoms with Gasteiger partial charge in [-0.3, -0.25) is 4.79 Å². The van der Waals surface area contributed by atoms with Crippen molar-refractivity contribution in [1.29, 1.82) is 0 Å². The number of morpholine rings is 1. The number of hydrogen-bond donors (Lipinski definition) is 2. The van der Waals surface area contributed by atoms with Crippen LogP contribution in [0.2, 0.25) is 0 Å². The summed E-state index contributed by atoms with van der Waals surface area (Å²) >= 11 is 0. The lowest BCUT2D eigenvalue weighted by molar-refractivity contribution is 0.0303. The number of nitrogens with one attached hydrogen (secondary N) is 2. The molecule has 6 rings (SSSR count). The monoisotopic (exact) mass is 602 g/mol. The summed E-state index contributed by atoms with van der Waals surface area (Å²) < 4.78 is 34.2. The van der Waals surface area contributed by atoms with Crippen molar-refractivity contribution >= 4 is 23.0 Å². The summed E-state index contributed by atoms with van der Waals surface area (Å²) in [6.07, 6.45) is 1.85. The molecule has 0 spiro atoms. The van der Waals surface area contributed by atoms with Crippen molar-refractivity contribution in [2.24, 2.45) is 0 Å². The number of anilines is 3. The van der Waals surface area contributed by atoms with Gasteiger partial charge >= 0.3 is 0 Å². The smallest absolute Gasteiger partial charge is 0.256 e. The molecule has 1 aromatic heterocycles. The molecule has 0 atom stereocenters. The molecule has 2 aliphatic rings. The number of carbonyl (C=O) groups is 1. The molecule has 2 saturated heterocycles. The number of ether oxygens (including phenoxy) is 1. The molecule has 1 amide bonds. The number of nitrogens with zero attached hydrogens (tertiary/aromatic N) is 6. The van der Waals surface area contributed by atoms with Gasteiger partial charge in [0.05, 0.1) is 37.2 Å². The van der Waals surface area contributed by atoms with E-state index in [1.807, 2.05) is 53.6 Å². The molecule has 3 aromatic carbocycles. The van der Waals surface area contributed by atoms with E-state index >= 15 is 0 Å². The molecule has 0 saturated carbocycles. The molecule has 12 heteroatoms. The molecule has 2 aliphatic heterocycles. The van der Waals surface area contributed by atoms with Crippen LogP contribution in [0.3, 0.4) is 0 Å². The zero-order valence-corrected chi connectivity index (χ0v) is 24.7. The van der Waals surface area contributed by atoms with Gasteiger partial charge in [0, 0.05) is 68.9 Å². The van der Waals surface area contributed by atoms with Gasteiger partial charge in [0.2, 0.25) is 0 Å². The van der Waals surface area contributed by atoms with E-state index in [1.54, 1.807) is 4.68 Å². The Kier molecular flexibility index (Phi) is 8.99.